The number of nitro groups is 1. The quantitative estimate of drug-likeness (QED) is 0.641. The van der Waals surface area contributed by atoms with Crippen molar-refractivity contribution in [3.8, 4) is 0 Å². The van der Waals surface area contributed by atoms with Crippen LogP contribution >= 0.6 is 0 Å². The molecule has 19 heavy (non-hydrogen) atoms. The maximum Gasteiger partial charge on any atom is 0.338 e. The number of nitro benzene ring substituents is 1. The van der Waals surface area contributed by atoms with Crippen LogP contribution in [-0.2, 0) is 7.05 Å². The van der Waals surface area contributed by atoms with Crippen LogP contribution in [-0.4, -0.2) is 25.8 Å². The number of anilines is 2. The number of carbonyl (C=O) groups is 1. The number of non-ortho nitro benzene ring substituents is 1. The van der Waals surface area contributed by atoms with Crippen LogP contribution < -0.4 is 5.32 Å². The van der Waals surface area contributed by atoms with Crippen molar-refractivity contribution in [1.29, 1.82) is 0 Å². The summed E-state index contributed by atoms with van der Waals surface area (Å²) < 4.78 is 1.55. The SMILES string of the molecule is Cn1ccc(Nc2ccc([N+](=O)[O-])cc2C(=O)O)n1. The van der Waals surface area contributed by atoms with Crippen molar-refractivity contribution in [2.75, 3.05) is 5.32 Å². The van der Waals surface area contributed by atoms with Crippen molar-refractivity contribution in [2.24, 2.45) is 7.05 Å². The Bertz CT molecular complexity index is 650. The lowest BCUT2D eigenvalue weighted by atomic mass is 10.1. The second-order valence-corrected chi connectivity index (χ2v) is 3.79. The van der Waals surface area contributed by atoms with E-state index in [2.05, 4.69) is 10.4 Å². The second-order valence-electron chi connectivity index (χ2n) is 3.79. The molecule has 8 heteroatoms. The monoisotopic (exact) mass is 262 g/mol. The molecule has 0 spiro atoms. The summed E-state index contributed by atoms with van der Waals surface area (Å²) in [5.74, 6) is -0.791. The lowest BCUT2D eigenvalue weighted by Gasteiger charge is -2.06. The Labute approximate surface area is 107 Å². The third-order valence-electron chi connectivity index (χ3n) is 2.42. The Morgan fingerprint density at radius 1 is 1.47 bits per heavy atom. The lowest BCUT2D eigenvalue weighted by Crippen LogP contribution is -2.04. The van der Waals surface area contributed by atoms with Crippen LogP contribution in [0.25, 0.3) is 0 Å². The zero-order chi connectivity index (χ0) is 14.0. The number of aromatic nitrogens is 2. The molecule has 2 rings (SSSR count). The van der Waals surface area contributed by atoms with E-state index in [0.717, 1.165) is 6.07 Å². The van der Waals surface area contributed by atoms with Crippen molar-refractivity contribution in [3.05, 3.63) is 46.1 Å². The molecule has 2 N–H and O–H groups in total. The predicted molar refractivity (Wildman–Crippen MR) is 66.5 cm³/mol. The van der Waals surface area contributed by atoms with Gasteiger partial charge in [0.1, 0.15) is 0 Å². The second kappa shape index (κ2) is 4.77. The molecule has 8 nitrogen and oxygen atoms in total. The molecule has 0 unspecified atom stereocenters. The topological polar surface area (TPSA) is 110 Å². The molecule has 0 bridgehead atoms. The molecule has 0 amide bonds. The molecule has 0 aliphatic carbocycles. The highest BCUT2D eigenvalue weighted by Gasteiger charge is 2.16. The van der Waals surface area contributed by atoms with Gasteiger partial charge in [-0.15, -0.1) is 0 Å². The summed E-state index contributed by atoms with van der Waals surface area (Å²) in [4.78, 5) is 21.1. The Morgan fingerprint density at radius 2 is 2.21 bits per heavy atom. The molecule has 0 radical (unpaired) electrons. The average molecular weight is 262 g/mol. The molecule has 0 aliphatic rings. The number of hydrogen-bond acceptors (Lipinski definition) is 5. The van der Waals surface area contributed by atoms with Crippen LogP contribution in [0, 0.1) is 10.1 Å². The van der Waals surface area contributed by atoms with E-state index in [1.807, 2.05) is 0 Å². The van der Waals surface area contributed by atoms with Gasteiger partial charge in [-0.05, 0) is 6.07 Å². The highest BCUT2D eigenvalue weighted by Crippen LogP contribution is 2.24. The van der Waals surface area contributed by atoms with Gasteiger partial charge in [0.15, 0.2) is 5.82 Å². The van der Waals surface area contributed by atoms with Gasteiger partial charge in [-0.25, -0.2) is 4.79 Å². The van der Waals surface area contributed by atoms with Crippen LogP contribution in [0.1, 0.15) is 10.4 Å². The first-order chi connectivity index (χ1) is 8.97. The molecule has 98 valence electrons. The van der Waals surface area contributed by atoms with Crippen LogP contribution in [0.4, 0.5) is 17.2 Å². The number of carboxylic acids is 1. The fourth-order valence-electron chi connectivity index (χ4n) is 1.55. The molecule has 0 aliphatic heterocycles. The van der Waals surface area contributed by atoms with Gasteiger partial charge >= 0.3 is 5.97 Å². The van der Waals surface area contributed by atoms with Gasteiger partial charge in [0.25, 0.3) is 5.69 Å². The maximum atomic E-state index is 11.1. The summed E-state index contributed by atoms with van der Waals surface area (Å²) in [5.41, 5.74) is -0.208. The van der Waals surface area contributed by atoms with Crippen LogP contribution in [0.15, 0.2) is 30.5 Å². The van der Waals surface area contributed by atoms with Gasteiger partial charge in [0.05, 0.1) is 16.2 Å². The van der Waals surface area contributed by atoms with Crippen molar-refractivity contribution in [1.82, 2.24) is 9.78 Å². The third-order valence-corrected chi connectivity index (χ3v) is 2.42. The van der Waals surface area contributed by atoms with Gasteiger partial charge in [0, 0.05) is 31.4 Å². The molecule has 0 atom stereocenters. The normalized spacial score (nSPS) is 10.2. The number of nitrogens with one attached hydrogen (secondary N) is 1. The molecule has 1 aromatic heterocycles. The van der Waals surface area contributed by atoms with E-state index >= 15 is 0 Å². The summed E-state index contributed by atoms with van der Waals surface area (Å²) in [5, 5.41) is 26.5. The summed E-state index contributed by atoms with van der Waals surface area (Å²) >= 11 is 0. The molecular formula is C11H10N4O4. The van der Waals surface area contributed by atoms with Crippen molar-refractivity contribution in [2.45, 2.75) is 0 Å². The minimum Gasteiger partial charge on any atom is -0.478 e. The predicted octanol–water partition coefficient (Wildman–Crippen LogP) is 1.77. The Balaban J connectivity index is 2.39. The number of aromatic carboxylic acids is 1. The fourth-order valence-corrected chi connectivity index (χ4v) is 1.55. The third kappa shape index (κ3) is 2.68. The summed E-state index contributed by atoms with van der Waals surface area (Å²) in [6.45, 7) is 0. The molecule has 1 heterocycles. The number of rotatable bonds is 4. The van der Waals surface area contributed by atoms with E-state index in [-0.39, 0.29) is 16.9 Å². The van der Waals surface area contributed by atoms with Gasteiger partial charge in [-0.1, -0.05) is 0 Å². The average Bonchev–Trinajstić information content (AvgIpc) is 2.74. The number of carboxylic acid groups (broad SMARTS) is 1. The van der Waals surface area contributed by atoms with Crippen LogP contribution in [0.2, 0.25) is 0 Å². The highest BCUT2D eigenvalue weighted by molar-refractivity contribution is 5.95. The minimum atomic E-state index is -1.25. The Kier molecular flexibility index (Phi) is 3.15. The van der Waals surface area contributed by atoms with Crippen LogP contribution in [0.5, 0.6) is 0 Å². The van der Waals surface area contributed by atoms with Crippen molar-refractivity contribution in [3.63, 3.8) is 0 Å². The molecule has 0 fully saturated rings. The number of nitrogens with zero attached hydrogens (tertiary/aromatic N) is 3. The van der Waals surface area contributed by atoms with Gasteiger partial charge in [-0.3, -0.25) is 14.8 Å². The summed E-state index contributed by atoms with van der Waals surface area (Å²) in [7, 11) is 1.72. The molecular weight excluding hydrogens is 252 g/mol. The Morgan fingerprint density at radius 3 is 2.74 bits per heavy atom. The summed E-state index contributed by atoms with van der Waals surface area (Å²) in [6.07, 6.45) is 1.69. The fraction of sp³-hybridized carbons (Fsp3) is 0.0909. The first-order valence-corrected chi connectivity index (χ1v) is 5.26. The van der Waals surface area contributed by atoms with Crippen molar-refractivity contribution >= 4 is 23.2 Å². The zero-order valence-electron chi connectivity index (χ0n) is 9.90. The molecule has 2 aromatic rings. The van der Waals surface area contributed by atoms with Crippen molar-refractivity contribution < 1.29 is 14.8 Å². The van der Waals surface area contributed by atoms with E-state index in [9.17, 15) is 14.9 Å². The molecule has 0 saturated heterocycles. The van der Waals surface area contributed by atoms with E-state index in [1.165, 1.54) is 12.1 Å². The number of aryl methyl sites for hydroxylation is 1. The molecule has 0 saturated carbocycles. The number of hydrogen-bond donors (Lipinski definition) is 2. The maximum absolute atomic E-state index is 11.1. The molecule has 1 aromatic carbocycles. The summed E-state index contributed by atoms with van der Waals surface area (Å²) in [6, 6.07) is 5.24. The lowest BCUT2D eigenvalue weighted by molar-refractivity contribution is -0.384. The van der Waals surface area contributed by atoms with E-state index in [0.29, 0.717) is 5.82 Å². The minimum absolute atomic E-state index is 0.181. The highest BCUT2D eigenvalue weighted by atomic mass is 16.6. The number of benzene rings is 1. The van der Waals surface area contributed by atoms with E-state index in [1.54, 1.807) is 24.0 Å². The Hall–Kier alpha value is -2.90. The smallest absolute Gasteiger partial charge is 0.338 e. The van der Waals surface area contributed by atoms with Gasteiger partial charge < -0.3 is 10.4 Å². The zero-order valence-corrected chi connectivity index (χ0v) is 9.90. The van der Waals surface area contributed by atoms with E-state index < -0.39 is 10.9 Å². The first kappa shape index (κ1) is 12.6. The van der Waals surface area contributed by atoms with Gasteiger partial charge in [0.2, 0.25) is 0 Å². The largest absolute Gasteiger partial charge is 0.478 e. The first-order valence-electron chi connectivity index (χ1n) is 5.26. The van der Waals surface area contributed by atoms with Gasteiger partial charge in [-0.2, -0.15) is 5.10 Å². The van der Waals surface area contributed by atoms with Crippen LogP contribution in [0.3, 0.4) is 0 Å². The standard InChI is InChI=1S/C11H10N4O4/c1-14-5-4-10(13-14)12-9-3-2-7(15(18)19)6-8(9)11(16)17/h2-6H,1H3,(H,12,13)(H,16,17). The van der Waals surface area contributed by atoms with E-state index in [4.69, 9.17) is 5.11 Å².